The van der Waals surface area contributed by atoms with Crippen molar-refractivity contribution in [3.63, 3.8) is 0 Å². The van der Waals surface area contributed by atoms with Crippen LogP contribution in [0.15, 0.2) is 42.2 Å². The van der Waals surface area contributed by atoms with Crippen molar-refractivity contribution in [1.82, 2.24) is 5.32 Å². The monoisotopic (exact) mass is 657 g/mol. The minimum Gasteiger partial charge on any atom is -0.379 e. The Bertz CT molecular complexity index is 1040. The average molecular weight is 657 g/mol. The van der Waals surface area contributed by atoms with Crippen molar-refractivity contribution < 1.29 is 43.1 Å². The van der Waals surface area contributed by atoms with Gasteiger partial charge in [-0.15, -0.1) is 0 Å². The molecule has 0 aromatic heterocycles. The molecule has 236 valence electrons. The number of fused-ring (bicyclic) bond motifs is 1. The number of allylic oxidation sites excluding steroid dienone is 1. The molecule has 11 heteroatoms. The zero-order valence-corrected chi connectivity index (χ0v) is 27.4. The van der Waals surface area contributed by atoms with Crippen LogP contribution < -0.4 is 9.78 Å². The summed E-state index contributed by atoms with van der Waals surface area (Å²) in [7, 11) is 4.92. The van der Waals surface area contributed by atoms with Gasteiger partial charge in [-0.2, -0.15) is 0 Å². The smallest absolute Gasteiger partial charge is 0.379 e. The minimum atomic E-state index is -1.48. The van der Waals surface area contributed by atoms with E-state index in [2.05, 4.69) is 50.4 Å². The maximum atomic E-state index is 13.4. The molecule has 3 aliphatic heterocycles. The Labute approximate surface area is 255 Å². The number of amides is 1. The minimum absolute atomic E-state index is 0.0477. The number of carbonyl (C=O) groups is 1. The zero-order chi connectivity index (χ0) is 30.4. The number of hydrogen-bond acceptors (Lipinski definition) is 9. The number of hydrogen-bond donors (Lipinski definition) is 2. The third-order valence-electron chi connectivity index (χ3n) is 8.83. The van der Waals surface area contributed by atoms with Crippen molar-refractivity contribution >= 4 is 25.3 Å². The van der Waals surface area contributed by atoms with Gasteiger partial charge in [-0.1, -0.05) is 13.8 Å². The second-order valence-corrected chi connectivity index (χ2v) is 14.2. The molecule has 10 nitrogen and oxygen atoms in total. The van der Waals surface area contributed by atoms with Crippen LogP contribution in [0.3, 0.4) is 0 Å². The van der Waals surface area contributed by atoms with Crippen LogP contribution in [0.2, 0.25) is 5.32 Å². The van der Waals surface area contributed by atoms with Gasteiger partial charge in [-0.25, -0.2) is 0 Å². The Morgan fingerprint density at radius 2 is 1.88 bits per heavy atom. The first-order valence-corrected chi connectivity index (χ1v) is 16.6. The van der Waals surface area contributed by atoms with E-state index in [9.17, 15) is 9.90 Å². The van der Waals surface area contributed by atoms with E-state index < -0.39 is 35.9 Å². The molecule has 2 fully saturated rings. The molecule has 1 amide bonds. The molecule has 42 heavy (non-hydrogen) atoms. The normalized spacial score (nSPS) is 34.0. The summed E-state index contributed by atoms with van der Waals surface area (Å²) < 4.78 is 42.6. The van der Waals surface area contributed by atoms with Crippen molar-refractivity contribution in [1.29, 1.82) is 0 Å². The summed E-state index contributed by atoms with van der Waals surface area (Å²) in [6, 6.07) is 10.4. The fourth-order valence-electron chi connectivity index (χ4n) is 6.00. The standard InChI is InChI=1S/C31H47NO9Se/c1-18-19(2)40-23(13-20(18)16-42-22-11-9-8-10-12-22)25(33)29(34)32-30-27-26(38-17-39-30)28(37-7)31(3,4)24(41-27)14-21(36-6)15-35-5/h8-13,18-21,24-28,30,33H,14-17H2,1-7H3,(H,32,34)/t18-,19+,20-,21-,24+,25?,26-,27-,28+,30-/m0/s1. The Hall–Kier alpha value is -1.53. The van der Waals surface area contributed by atoms with Crippen LogP contribution in [-0.2, 0) is 38.0 Å². The predicted molar refractivity (Wildman–Crippen MR) is 157 cm³/mol. The van der Waals surface area contributed by atoms with Crippen molar-refractivity contribution in [2.75, 3.05) is 34.7 Å². The van der Waals surface area contributed by atoms with Gasteiger partial charge < -0.3 is 9.47 Å². The quantitative estimate of drug-likeness (QED) is 0.327. The molecule has 10 atom stereocenters. The van der Waals surface area contributed by atoms with Gasteiger partial charge in [0, 0.05) is 21.3 Å². The first-order valence-electron chi connectivity index (χ1n) is 14.6. The maximum absolute atomic E-state index is 13.4. The number of aliphatic hydroxyl groups is 1. The van der Waals surface area contributed by atoms with Gasteiger partial charge >= 0.3 is 199 Å². The van der Waals surface area contributed by atoms with Crippen molar-refractivity contribution in [3.8, 4) is 0 Å². The molecular formula is C31H47NO9Se. The van der Waals surface area contributed by atoms with E-state index in [4.69, 9.17) is 33.2 Å². The molecule has 0 spiro atoms. The summed E-state index contributed by atoms with van der Waals surface area (Å²) >= 11 is 0.266. The van der Waals surface area contributed by atoms with Gasteiger partial charge in [-0.3, -0.25) is 0 Å². The van der Waals surface area contributed by atoms with E-state index >= 15 is 0 Å². The Kier molecular flexibility index (Phi) is 11.9. The second kappa shape index (κ2) is 15.0. The van der Waals surface area contributed by atoms with Crippen LogP contribution in [0, 0.1) is 17.3 Å². The Morgan fingerprint density at radius 3 is 2.55 bits per heavy atom. The summed E-state index contributed by atoms with van der Waals surface area (Å²) in [6.45, 7) is 8.64. The molecule has 1 aromatic rings. The zero-order valence-electron chi connectivity index (χ0n) is 25.7. The predicted octanol–water partition coefficient (Wildman–Crippen LogP) is 2.03. The molecule has 2 saturated heterocycles. The molecule has 3 heterocycles. The number of nitrogens with one attached hydrogen (secondary N) is 1. The summed E-state index contributed by atoms with van der Waals surface area (Å²) in [4.78, 5) is 13.4. The number of benzene rings is 1. The Balaban J connectivity index is 1.46. The first-order chi connectivity index (χ1) is 20.1. The fourth-order valence-corrected chi connectivity index (χ4v) is 8.38. The van der Waals surface area contributed by atoms with Gasteiger partial charge in [0.05, 0.1) is 12.7 Å². The van der Waals surface area contributed by atoms with E-state index in [0.29, 0.717) is 13.0 Å². The van der Waals surface area contributed by atoms with Crippen LogP contribution in [-0.4, -0.2) is 110 Å². The van der Waals surface area contributed by atoms with E-state index in [0.717, 1.165) is 5.32 Å². The van der Waals surface area contributed by atoms with Crippen molar-refractivity contribution in [2.24, 2.45) is 17.3 Å². The number of ether oxygens (including phenoxy) is 7. The third-order valence-corrected chi connectivity index (χ3v) is 11.3. The summed E-state index contributed by atoms with van der Waals surface area (Å²) in [5.41, 5.74) is -0.435. The molecule has 2 N–H and O–H groups in total. The summed E-state index contributed by atoms with van der Waals surface area (Å²) in [5.74, 6) is 0.0960. The van der Waals surface area contributed by atoms with Gasteiger partial charge in [0.15, 0.2) is 0 Å². The van der Waals surface area contributed by atoms with Crippen LogP contribution in [0.25, 0.3) is 0 Å². The fraction of sp³-hybridized carbons (Fsp3) is 0.710. The molecular weight excluding hydrogens is 609 g/mol. The molecule has 0 bridgehead atoms. The summed E-state index contributed by atoms with van der Waals surface area (Å²) in [5, 5.41) is 14.9. The van der Waals surface area contributed by atoms with E-state index in [1.807, 2.05) is 19.1 Å². The van der Waals surface area contributed by atoms with E-state index in [1.54, 1.807) is 21.3 Å². The van der Waals surface area contributed by atoms with E-state index in [1.165, 1.54) is 4.46 Å². The molecule has 4 rings (SSSR count). The van der Waals surface area contributed by atoms with E-state index in [-0.39, 0.29) is 63.8 Å². The Morgan fingerprint density at radius 1 is 1.14 bits per heavy atom. The van der Waals surface area contributed by atoms with Crippen molar-refractivity contribution in [2.45, 2.75) is 88.4 Å². The molecule has 0 radical (unpaired) electrons. The summed E-state index contributed by atoms with van der Waals surface area (Å²) in [6.07, 6.45) is -2.00. The molecule has 1 aromatic carbocycles. The number of aliphatic hydroxyl groups excluding tert-OH is 1. The number of methoxy groups -OCH3 is 3. The molecule has 1 unspecified atom stereocenters. The van der Waals surface area contributed by atoms with Crippen LogP contribution in [0.4, 0.5) is 0 Å². The topological polar surface area (TPSA) is 114 Å². The number of carbonyl (C=O) groups excluding carboxylic acids is 1. The van der Waals surface area contributed by atoms with Gasteiger partial charge in [0.2, 0.25) is 0 Å². The van der Waals surface area contributed by atoms with Gasteiger partial charge in [-0.05, 0) is 0 Å². The van der Waals surface area contributed by atoms with Crippen molar-refractivity contribution in [3.05, 3.63) is 42.2 Å². The second-order valence-electron chi connectivity index (χ2n) is 11.9. The molecule has 0 saturated carbocycles. The average Bonchev–Trinajstić information content (AvgIpc) is 2.98. The SMILES string of the molecule is COC[C@H](C[C@H]1O[C@H]2[C@H](OCO[C@@H]2NC(=O)C(O)C2=C[C@@H](C[Se]c3ccccc3)[C@@H](C)[C@@H](C)O2)[C@@H](OC)C1(C)C)OC. The van der Waals surface area contributed by atoms with Gasteiger partial charge in [0.1, 0.15) is 0 Å². The van der Waals surface area contributed by atoms with Crippen LogP contribution >= 0.6 is 0 Å². The van der Waals surface area contributed by atoms with Crippen LogP contribution in [0.1, 0.15) is 34.1 Å². The number of rotatable bonds is 12. The third kappa shape index (κ3) is 7.57. The molecule has 3 aliphatic rings. The van der Waals surface area contributed by atoms with Gasteiger partial charge in [0.25, 0.3) is 0 Å². The molecule has 0 aliphatic carbocycles. The first kappa shape index (κ1) is 33.4. The van der Waals surface area contributed by atoms with Crippen LogP contribution in [0.5, 0.6) is 0 Å².